The van der Waals surface area contributed by atoms with Crippen LogP contribution in [0.2, 0.25) is 0 Å². The van der Waals surface area contributed by atoms with Crippen LogP contribution in [0.1, 0.15) is 31.9 Å². The Morgan fingerprint density at radius 3 is 2.89 bits per heavy atom. The van der Waals surface area contributed by atoms with Gasteiger partial charge in [0.15, 0.2) is 0 Å². The molecule has 1 N–H and O–H groups in total. The van der Waals surface area contributed by atoms with Gasteiger partial charge < -0.3 is 9.73 Å². The maximum absolute atomic E-state index is 5.33. The Balaban J connectivity index is 2.08. The van der Waals surface area contributed by atoms with Crippen LogP contribution in [-0.2, 0) is 12.2 Å². The highest BCUT2D eigenvalue weighted by Crippen LogP contribution is 2.23. The lowest BCUT2D eigenvalue weighted by Crippen LogP contribution is -2.04. The fourth-order valence-electron chi connectivity index (χ4n) is 1.69. The van der Waals surface area contributed by atoms with E-state index in [1.807, 2.05) is 18.2 Å². The number of thioether (sulfide) groups is 1. The second-order valence-electron chi connectivity index (χ2n) is 4.16. The van der Waals surface area contributed by atoms with Crippen molar-refractivity contribution in [3.8, 4) is 0 Å². The molecule has 0 saturated heterocycles. The van der Waals surface area contributed by atoms with Gasteiger partial charge in [-0.2, -0.15) is 0 Å². The molecule has 2 heterocycles. The highest BCUT2D eigenvalue weighted by molar-refractivity contribution is 7.98. The highest BCUT2D eigenvalue weighted by atomic mass is 32.2. The summed E-state index contributed by atoms with van der Waals surface area (Å²) in [6.45, 7) is 5.07. The van der Waals surface area contributed by atoms with E-state index < -0.39 is 0 Å². The van der Waals surface area contributed by atoms with Gasteiger partial charge in [-0.15, -0.1) is 0 Å². The third kappa shape index (κ3) is 4.28. The Kier molecular flexibility index (Phi) is 5.27. The number of hydrogen-bond acceptors (Lipinski definition) is 5. The van der Waals surface area contributed by atoms with Gasteiger partial charge in [-0.05, 0) is 25.5 Å². The molecule has 0 bridgehead atoms. The van der Waals surface area contributed by atoms with Crippen molar-refractivity contribution < 1.29 is 4.42 Å². The number of rotatable bonds is 7. The van der Waals surface area contributed by atoms with Crippen LogP contribution in [0, 0.1) is 0 Å². The molecule has 0 amide bonds. The Morgan fingerprint density at radius 1 is 1.32 bits per heavy atom. The first kappa shape index (κ1) is 13.9. The first-order valence-electron chi connectivity index (χ1n) is 6.58. The van der Waals surface area contributed by atoms with Gasteiger partial charge in [0.25, 0.3) is 0 Å². The molecule has 2 aromatic heterocycles. The second kappa shape index (κ2) is 7.19. The smallest absolute Gasteiger partial charge is 0.132 e. The molecule has 0 aliphatic heterocycles. The first-order chi connectivity index (χ1) is 9.31. The summed E-state index contributed by atoms with van der Waals surface area (Å²) in [4.78, 5) is 9.07. The maximum atomic E-state index is 5.33. The molecule has 4 nitrogen and oxygen atoms in total. The summed E-state index contributed by atoms with van der Waals surface area (Å²) in [5.74, 6) is 3.57. The summed E-state index contributed by atoms with van der Waals surface area (Å²) in [7, 11) is 0. The van der Waals surface area contributed by atoms with Crippen molar-refractivity contribution in [1.29, 1.82) is 0 Å². The molecule has 0 saturated carbocycles. The summed E-state index contributed by atoms with van der Waals surface area (Å²) >= 11 is 1.67. The predicted octanol–water partition coefficient (Wildman–Crippen LogP) is 3.75. The van der Waals surface area contributed by atoms with E-state index in [2.05, 4.69) is 29.1 Å². The fourth-order valence-corrected chi connectivity index (χ4v) is 2.51. The molecule has 0 radical (unpaired) electrons. The Labute approximate surface area is 118 Å². The zero-order valence-electron chi connectivity index (χ0n) is 11.3. The van der Waals surface area contributed by atoms with Crippen LogP contribution in [-0.4, -0.2) is 16.5 Å². The molecular weight excluding hydrogens is 258 g/mol. The van der Waals surface area contributed by atoms with E-state index in [1.165, 1.54) is 0 Å². The molecule has 2 aromatic rings. The summed E-state index contributed by atoms with van der Waals surface area (Å²) in [6, 6.07) is 5.88. The minimum Gasteiger partial charge on any atom is -0.468 e. The lowest BCUT2D eigenvalue weighted by atomic mass is 10.3. The van der Waals surface area contributed by atoms with E-state index in [1.54, 1.807) is 18.0 Å². The van der Waals surface area contributed by atoms with E-state index in [-0.39, 0.29) is 0 Å². The number of nitrogens with zero attached hydrogens (tertiary/aromatic N) is 2. The van der Waals surface area contributed by atoms with Crippen molar-refractivity contribution in [2.45, 2.75) is 37.5 Å². The molecule has 0 atom stereocenters. The number of nitrogens with one attached hydrogen (secondary N) is 1. The summed E-state index contributed by atoms with van der Waals surface area (Å²) in [5, 5.41) is 4.24. The summed E-state index contributed by atoms with van der Waals surface area (Å²) < 4.78 is 5.33. The Hall–Kier alpha value is -1.49. The van der Waals surface area contributed by atoms with Crippen LogP contribution in [0.4, 0.5) is 5.82 Å². The molecule has 5 heteroatoms. The van der Waals surface area contributed by atoms with Gasteiger partial charge in [-0.3, -0.25) is 0 Å². The maximum Gasteiger partial charge on any atom is 0.132 e. The van der Waals surface area contributed by atoms with Gasteiger partial charge in [0.1, 0.15) is 22.4 Å². The predicted molar refractivity (Wildman–Crippen MR) is 78.5 cm³/mol. The highest BCUT2D eigenvalue weighted by Gasteiger charge is 2.06. The topological polar surface area (TPSA) is 51.0 Å². The van der Waals surface area contributed by atoms with Crippen molar-refractivity contribution in [1.82, 2.24) is 9.97 Å². The summed E-state index contributed by atoms with van der Waals surface area (Å²) in [6.07, 6.45) is 3.66. The quantitative estimate of drug-likeness (QED) is 0.617. The Bertz CT molecular complexity index is 475. The molecule has 0 aliphatic rings. The average molecular weight is 277 g/mol. The standard InChI is InChI=1S/C14H19N3OS/c1-3-6-12-16-13(15-4-2)9-14(17-12)19-10-11-7-5-8-18-11/h5,7-9H,3-4,6,10H2,1-2H3,(H,15,16,17). The van der Waals surface area contributed by atoms with Crippen molar-refractivity contribution in [3.63, 3.8) is 0 Å². The second-order valence-corrected chi connectivity index (χ2v) is 5.15. The van der Waals surface area contributed by atoms with E-state index in [4.69, 9.17) is 4.42 Å². The number of anilines is 1. The number of aromatic nitrogens is 2. The Morgan fingerprint density at radius 2 is 2.21 bits per heavy atom. The number of furan rings is 1. The summed E-state index contributed by atoms with van der Waals surface area (Å²) in [5.41, 5.74) is 0. The minimum absolute atomic E-state index is 0.793. The van der Waals surface area contributed by atoms with Crippen LogP contribution >= 0.6 is 11.8 Å². The van der Waals surface area contributed by atoms with Crippen molar-refractivity contribution in [2.24, 2.45) is 0 Å². The lowest BCUT2D eigenvalue weighted by molar-refractivity contribution is 0.530. The van der Waals surface area contributed by atoms with Crippen LogP contribution in [0.25, 0.3) is 0 Å². The largest absolute Gasteiger partial charge is 0.468 e. The normalized spacial score (nSPS) is 10.6. The van der Waals surface area contributed by atoms with Gasteiger partial charge in [0.2, 0.25) is 0 Å². The molecule has 2 rings (SSSR count). The van der Waals surface area contributed by atoms with Crippen molar-refractivity contribution in [2.75, 3.05) is 11.9 Å². The molecule has 0 aliphatic carbocycles. The zero-order valence-corrected chi connectivity index (χ0v) is 12.2. The monoisotopic (exact) mass is 277 g/mol. The van der Waals surface area contributed by atoms with E-state index in [0.29, 0.717) is 0 Å². The van der Waals surface area contributed by atoms with Crippen molar-refractivity contribution in [3.05, 3.63) is 36.0 Å². The average Bonchev–Trinajstić information content (AvgIpc) is 2.90. The van der Waals surface area contributed by atoms with Gasteiger partial charge in [0, 0.05) is 19.0 Å². The fraction of sp³-hybridized carbons (Fsp3) is 0.429. The zero-order chi connectivity index (χ0) is 13.5. The van der Waals surface area contributed by atoms with Crippen molar-refractivity contribution >= 4 is 17.6 Å². The third-order valence-electron chi connectivity index (χ3n) is 2.52. The number of hydrogen-bond donors (Lipinski definition) is 1. The lowest BCUT2D eigenvalue weighted by Gasteiger charge is -2.07. The molecule has 19 heavy (non-hydrogen) atoms. The van der Waals surface area contributed by atoms with E-state index >= 15 is 0 Å². The molecule has 0 fully saturated rings. The molecule has 102 valence electrons. The molecule has 0 unspecified atom stereocenters. The van der Waals surface area contributed by atoms with Crippen LogP contribution in [0.3, 0.4) is 0 Å². The molecule has 0 aromatic carbocycles. The molecular formula is C14H19N3OS. The third-order valence-corrected chi connectivity index (χ3v) is 3.46. The van der Waals surface area contributed by atoms with Gasteiger partial charge in [-0.25, -0.2) is 9.97 Å². The van der Waals surface area contributed by atoms with Gasteiger partial charge in [-0.1, -0.05) is 18.7 Å². The van der Waals surface area contributed by atoms with Crippen LogP contribution < -0.4 is 5.32 Å². The van der Waals surface area contributed by atoms with Gasteiger partial charge >= 0.3 is 0 Å². The van der Waals surface area contributed by atoms with Crippen LogP contribution in [0.15, 0.2) is 33.9 Å². The van der Waals surface area contributed by atoms with E-state index in [0.717, 1.165) is 47.6 Å². The van der Waals surface area contributed by atoms with E-state index in [9.17, 15) is 0 Å². The molecule has 0 spiro atoms. The minimum atomic E-state index is 0.793. The SMILES string of the molecule is CCCc1nc(NCC)cc(SCc2ccco2)n1. The van der Waals surface area contributed by atoms with Gasteiger partial charge in [0.05, 0.1) is 12.0 Å². The first-order valence-corrected chi connectivity index (χ1v) is 7.57. The van der Waals surface area contributed by atoms with Crippen LogP contribution in [0.5, 0.6) is 0 Å². The number of aryl methyl sites for hydroxylation is 1.